The molecule has 0 aliphatic heterocycles. The Kier molecular flexibility index (Phi) is 4.32. The number of hydrogen-bond acceptors (Lipinski definition) is 1. The van der Waals surface area contributed by atoms with Gasteiger partial charge in [0.05, 0.1) is 0 Å². The highest BCUT2D eigenvalue weighted by Gasteiger charge is 2.06. The molecule has 3 rings (SSSR count). The first-order chi connectivity index (χ1) is 10.3. The van der Waals surface area contributed by atoms with E-state index in [-0.39, 0.29) is 0 Å². The molecule has 0 aliphatic carbocycles. The van der Waals surface area contributed by atoms with Gasteiger partial charge in [0.25, 0.3) is 0 Å². The lowest BCUT2D eigenvalue weighted by Gasteiger charge is -2.15. The van der Waals surface area contributed by atoms with Gasteiger partial charge in [-0.1, -0.05) is 72.8 Å². The highest BCUT2D eigenvalue weighted by atomic mass is 14.9. The Balaban J connectivity index is 1.67. The van der Waals surface area contributed by atoms with Gasteiger partial charge in [0.1, 0.15) is 0 Å². The van der Waals surface area contributed by atoms with Crippen LogP contribution in [0.25, 0.3) is 10.8 Å². The molecule has 1 nitrogen and oxygen atoms in total. The molecule has 106 valence electrons. The fraction of sp³-hybridized carbons (Fsp3) is 0.200. The fourth-order valence-electron chi connectivity index (χ4n) is 2.76. The van der Waals surface area contributed by atoms with E-state index in [2.05, 4.69) is 85.0 Å². The third kappa shape index (κ3) is 3.50. The van der Waals surface area contributed by atoms with E-state index in [4.69, 9.17) is 0 Å². The Hall–Kier alpha value is -2.12. The summed E-state index contributed by atoms with van der Waals surface area (Å²) in [5.74, 6) is 0. The lowest BCUT2D eigenvalue weighted by molar-refractivity contribution is 0.547. The van der Waals surface area contributed by atoms with Crippen molar-refractivity contribution in [2.45, 2.75) is 25.9 Å². The molecule has 0 aromatic heterocycles. The quantitative estimate of drug-likeness (QED) is 0.719. The summed E-state index contributed by atoms with van der Waals surface area (Å²) in [6.07, 6.45) is 1.05. The van der Waals surface area contributed by atoms with Crippen LogP contribution in [0.15, 0.2) is 72.8 Å². The standard InChI is InChI=1S/C20H21N/c1-16(21-15-17-8-3-2-4-9-17)14-19-12-7-11-18-10-5-6-13-20(18)19/h2-13,16,21H,14-15H2,1H3. The van der Waals surface area contributed by atoms with Crippen LogP contribution in [-0.2, 0) is 13.0 Å². The maximum atomic E-state index is 3.61. The van der Waals surface area contributed by atoms with Crippen molar-refractivity contribution in [3.63, 3.8) is 0 Å². The van der Waals surface area contributed by atoms with Gasteiger partial charge in [-0.25, -0.2) is 0 Å². The smallest absolute Gasteiger partial charge is 0.0208 e. The summed E-state index contributed by atoms with van der Waals surface area (Å²) in [7, 11) is 0. The molecule has 0 saturated heterocycles. The Morgan fingerprint density at radius 3 is 2.38 bits per heavy atom. The molecule has 1 N–H and O–H groups in total. The molecule has 0 saturated carbocycles. The van der Waals surface area contributed by atoms with E-state index in [0.29, 0.717) is 6.04 Å². The van der Waals surface area contributed by atoms with Gasteiger partial charge in [0, 0.05) is 12.6 Å². The van der Waals surface area contributed by atoms with Crippen LogP contribution >= 0.6 is 0 Å². The second-order valence-electron chi connectivity index (χ2n) is 5.61. The minimum Gasteiger partial charge on any atom is -0.310 e. The van der Waals surface area contributed by atoms with E-state index in [0.717, 1.165) is 13.0 Å². The van der Waals surface area contributed by atoms with Crippen LogP contribution in [-0.4, -0.2) is 6.04 Å². The molecular weight excluding hydrogens is 254 g/mol. The van der Waals surface area contributed by atoms with Crippen LogP contribution in [0.2, 0.25) is 0 Å². The Morgan fingerprint density at radius 1 is 0.810 bits per heavy atom. The van der Waals surface area contributed by atoms with Gasteiger partial charge in [-0.15, -0.1) is 0 Å². The topological polar surface area (TPSA) is 12.0 Å². The van der Waals surface area contributed by atoms with Gasteiger partial charge in [-0.2, -0.15) is 0 Å². The zero-order valence-corrected chi connectivity index (χ0v) is 12.4. The summed E-state index contributed by atoms with van der Waals surface area (Å²) < 4.78 is 0. The maximum absolute atomic E-state index is 3.61. The zero-order valence-electron chi connectivity index (χ0n) is 12.4. The molecule has 1 atom stereocenters. The normalized spacial score (nSPS) is 12.4. The van der Waals surface area contributed by atoms with Crippen molar-refractivity contribution in [1.82, 2.24) is 5.32 Å². The SMILES string of the molecule is CC(Cc1cccc2ccccc12)NCc1ccccc1. The molecule has 0 radical (unpaired) electrons. The first kappa shape index (κ1) is 13.8. The van der Waals surface area contributed by atoms with E-state index in [1.807, 2.05) is 0 Å². The molecule has 0 heterocycles. The third-order valence-corrected chi connectivity index (χ3v) is 3.90. The number of benzene rings is 3. The monoisotopic (exact) mass is 275 g/mol. The van der Waals surface area contributed by atoms with Gasteiger partial charge in [0.15, 0.2) is 0 Å². The predicted molar refractivity (Wildman–Crippen MR) is 90.4 cm³/mol. The van der Waals surface area contributed by atoms with Crippen molar-refractivity contribution in [2.75, 3.05) is 0 Å². The van der Waals surface area contributed by atoms with Crippen LogP contribution in [0, 0.1) is 0 Å². The first-order valence-electron chi connectivity index (χ1n) is 7.57. The summed E-state index contributed by atoms with van der Waals surface area (Å²) in [5, 5.41) is 6.31. The largest absolute Gasteiger partial charge is 0.310 e. The molecule has 1 unspecified atom stereocenters. The molecule has 21 heavy (non-hydrogen) atoms. The van der Waals surface area contributed by atoms with Gasteiger partial charge in [-0.3, -0.25) is 0 Å². The zero-order chi connectivity index (χ0) is 14.5. The average Bonchev–Trinajstić information content (AvgIpc) is 2.54. The molecule has 0 bridgehead atoms. The molecule has 3 aromatic rings. The van der Waals surface area contributed by atoms with Crippen molar-refractivity contribution in [2.24, 2.45) is 0 Å². The molecule has 1 heteroatoms. The molecule has 0 amide bonds. The molecule has 3 aromatic carbocycles. The van der Waals surface area contributed by atoms with Crippen LogP contribution in [0.5, 0.6) is 0 Å². The number of hydrogen-bond donors (Lipinski definition) is 1. The van der Waals surface area contributed by atoms with Crippen molar-refractivity contribution >= 4 is 10.8 Å². The minimum absolute atomic E-state index is 0.455. The Bertz CT molecular complexity index is 698. The van der Waals surface area contributed by atoms with E-state index in [1.54, 1.807) is 0 Å². The Labute approximate surface area is 126 Å². The van der Waals surface area contributed by atoms with E-state index < -0.39 is 0 Å². The van der Waals surface area contributed by atoms with E-state index in [9.17, 15) is 0 Å². The van der Waals surface area contributed by atoms with Crippen LogP contribution < -0.4 is 5.32 Å². The van der Waals surface area contributed by atoms with Crippen LogP contribution in [0.3, 0.4) is 0 Å². The average molecular weight is 275 g/mol. The molecule has 0 spiro atoms. The van der Waals surface area contributed by atoms with Crippen molar-refractivity contribution in [1.29, 1.82) is 0 Å². The van der Waals surface area contributed by atoms with Gasteiger partial charge in [-0.05, 0) is 35.2 Å². The van der Waals surface area contributed by atoms with E-state index >= 15 is 0 Å². The van der Waals surface area contributed by atoms with E-state index in [1.165, 1.54) is 21.9 Å². The highest BCUT2D eigenvalue weighted by molar-refractivity contribution is 5.85. The highest BCUT2D eigenvalue weighted by Crippen LogP contribution is 2.19. The van der Waals surface area contributed by atoms with Crippen molar-refractivity contribution < 1.29 is 0 Å². The molecular formula is C20H21N. The van der Waals surface area contributed by atoms with Gasteiger partial charge >= 0.3 is 0 Å². The van der Waals surface area contributed by atoms with Crippen molar-refractivity contribution in [3.05, 3.63) is 83.9 Å². The second kappa shape index (κ2) is 6.55. The first-order valence-corrected chi connectivity index (χ1v) is 7.57. The lowest BCUT2D eigenvalue weighted by atomic mass is 9.99. The minimum atomic E-state index is 0.455. The maximum Gasteiger partial charge on any atom is 0.0208 e. The number of nitrogens with one attached hydrogen (secondary N) is 1. The van der Waals surface area contributed by atoms with Crippen molar-refractivity contribution in [3.8, 4) is 0 Å². The summed E-state index contributed by atoms with van der Waals surface area (Å²) in [6, 6.07) is 26.2. The molecule has 0 fully saturated rings. The number of rotatable bonds is 5. The Morgan fingerprint density at radius 2 is 1.52 bits per heavy atom. The second-order valence-corrected chi connectivity index (χ2v) is 5.61. The third-order valence-electron chi connectivity index (χ3n) is 3.90. The summed E-state index contributed by atoms with van der Waals surface area (Å²) in [4.78, 5) is 0. The van der Waals surface area contributed by atoms with Crippen LogP contribution in [0.1, 0.15) is 18.1 Å². The fourth-order valence-corrected chi connectivity index (χ4v) is 2.76. The van der Waals surface area contributed by atoms with Gasteiger partial charge in [0.2, 0.25) is 0 Å². The van der Waals surface area contributed by atoms with Crippen LogP contribution in [0.4, 0.5) is 0 Å². The summed E-state index contributed by atoms with van der Waals surface area (Å²) in [6.45, 7) is 3.18. The lowest BCUT2D eigenvalue weighted by Crippen LogP contribution is -2.27. The summed E-state index contributed by atoms with van der Waals surface area (Å²) in [5.41, 5.74) is 2.75. The predicted octanol–water partition coefficient (Wildman–Crippen LogP) is 4.56. The summed E-state index contributed by atoms with van der Waals surface area (Å²) >= 11 is 0. The molecule has 0 aliphatic rings. The number of fused-ring (bicyclic) bond motifs is 1. The van der Waals surface area contributed by atoms with Gasteiger partial charge < -0.3 is 5.32 Å².